The van der Waals surface area contributed by atoms with Crippen LogP contribution in [-0.4, -0.2) is 35.6 Å². The number of hydrogen-bond donors (Lipinski definition) is 3. The average Bonchev–Trinajstić information content (AvgIpc) is 3.30. The highest BCUT2D eigenvalue weighted by Crippen LogP contribution is 2.45. The zero-order chi connectivity index (χ0) is 20.1. The first-order valence-corrected chi connectivity index (χ1v) is 8.94. The minimum Gasteiger partial charge on any atom is -0.454 e. The number of urea groups is 1. The maximum absolute atomic E-state index is 13.8. The molecule has 3 atom stereocenters. The topological polar surface area (TPSA) is 96.9 Å². The number of carbonyl (C=O) groups excluding carboxylic acids is 2. The van der Waals surface area contributed by atoms with E-state index >= 15 is 0 Å². The lowest BCUT2D eigenvalue weighted by atomic mass is 9.78. The third-order valence-corrected chi connectivity index (χ3v) is 5.49. The van der Waals surface area contributed by atoms with Gasteiger partial charge < -0.3 is 25.2 Å². The van der Waals surface area contributed by atoms with Gasteiger partial charge in [0.05, 0.1) is 10.9 Å². The summed E-state index contributed by atoms with van der Waals surface area (Å²) in [4.78, 5) is 24.9. The van der Waals surface area contributed by atoms with E-state index in [2.05, 4.69) is 5.32 Å². The van der Waals surface area contributed by atoms with Crippen molar-refractivity contribution in [2.45, 2.75) is 17.9 Å². The van der Waals surface area contributed by atoms with Crippen molar-refractivity contribution < 1.29 is 37.3 Å². The van der Waals surface area contributed by atoms with E-state index in [0.29, 0.717) is 5.75 Å². The molecule has 2 aromatic rings. The second-order valence-corrected chi connectivity index (χ2v) is 7.22. The summed E-state index contributed by atoms with van der Waals surface area (Å²) in [5.41, 5.74) is -3.59. The van der Waals surface area contributed by atoms with Crippen molar-refractivity contribution in [3.63, 3.8) is 0 Å². The lowest BCUT2D eigenvalue weighted by Gasteiger charge is -2.44. The van der Waals surface area contributed by atoms with Gasteiger partial charge in [0.2, 0.25) is 12.5 Å². The Morgan fingerprint density at radius 3 is 2.68 bits per heavy atom. The molecule has 0 radical (unpaired) electrons. The van der Waals surface area contributed by atoms with Crippen LogP contribution in [0.5, 0.6) is 11.5 Å². The lowest BCUT2D eigenvalue weighted by Crippen LogP contribution is -2.72. The molecule has 0 spiro atoms. The molecule has 7 nitrogen and oxygen atoms in total. The zero-order valence-corrected chi connectivity index (χ0v) is 14.8. The lowest BCUT2D eigenvalue weighted by molar-refractivity contribution is -0.287. The molecule has 1 aromatic carbocycles. The second kappa shape index (κ2) is 6.38. The highest BCUT2D eigenvalue weighted by Gasteiger charge is 2.66. The van der Waals surface area contributed by atoms with Crippen molar-refractivity contribution in [1.82, 2.24) is 10.6 Å². The third kappa shape index (κ3) is 2.87. The Kier molecular flexibility index (Phi) is 4.23. The second-order valence-electron chi connectivity index (χ2n) is 6.27. The van der Waals surface area contributed by atoms with Gasteiger partial charge in [0.25, 0.3) is 0 Å². The summed E-state index contributed by atoms with van der Waals surface area (Å²) in [5.74, 6) is -2.37. The number of Topliss-reactive ketones (excluding diaryl/α,β-unsaturated/α-hetero) is 1. The monoisotopic (exact) mass is 414 g/mol. The van der Waals surface area contributed by atoms with Crippen LogP contribution in [0.4, 0.5) is 18.0 Å². The summed E-state index contributed by atoms with van der Waals surface area (Å²) >= 11 is 0.941. The van der Waals surface area contributed by atoms with Gasteiger partial charge in [-0.15, -0.1) is 11.3 Å². The molecule has 3 heterocycles. The van der Waals surface area contributed by atoms with E-state index in [0.717, 1.165) is 11.3 Å². The van der Waals surface area contributed by atoms with Gasteiger partial charge in [-0.1, -0.05) is 12.1 Å². The van der Waals surface area contributed by atoms with Crippen molar-refractivity contribution in [2.75, 3.05) is 6.79 Å². The van der Waals surface area contributed by atoms with E-state index in [1.54, 1.807) is 0 Å². The van der Waals surface area contributed by atoms with Gasteiger partial charge in [-0.2, -0.15) is 13.2 Å². The predicted octanol–water partition coefficient (Wildman–Crippen LogP) is 2.58. The number of halogens is 3. The first-order valence-electron chi connectivity index (χ1n) is 8.06. The smallest absolute Gasteiger partial charge is 0.437 e. The molecule has 4 rings (SSSR count). The highest BCUT2D eigenvalue weighted by atomic mass is 32.1. The Morgan fingerprint density at radius 2 is 2.00 bits per heavy atom. The first-order chi connectivity index (χ1) is 13.2. The van der Waals surface area contributed by atoms with Crippen molar-refractivity contribution in [1.29, 1.82) is 0 Å². The Morgan fingerprint density at radius 1 is 1.25 bits per heavy atom. The number of amides is 2. The fraction of sp³-hybridized carbons (Fsp3) is 0.294. The van der Waals surface area contributed by atoms with Crippen LogP contribution >= 0.6 is 11.3 Å². The van der Waals surface area contributed by atoms with Crippen LogP contribution in [0.15, 0.2) is 35.7 Å². The average molecular weight is 414 g/mol. The van der Waals surface area contributed by atoms with E-state index in [9.17, 15) is 27.9 Å². The van der Waals surface area contributed by atoms with E-state index in [4.69, 9.17) is 9.47 Å². The van der Waals surface area contributed by atoms with Gasteiger partial charge in [0.15, 0.2) is 17.3 Å². The Labute approximate surface area is 160 Å². The van der Waals surface area contributed by atoms with Gasteiger partial charge in [0, 0.05) is 0 Å². The number of nitrogens with one attached hydrogen (secondary N) is 2. The zero-order valence-electron chi connectivity index (χ0n) is 13.9. The molecule has 1 fully saturated rings. The van der Waals surface area contributed by atoms with Gasteiger partial charge in [-0.3, -0.25) is 4.79 Å². The minimum absolute atomic E-state index is 0.0244. The molecule has 148 valence electrons. The van der Waals surface area contributed by atoms with Gasteiger partial charge >= 0.3 is 12.2 Å². The molecule has 0 aliphatic carbocycles. The predicted molar refractivity (Wildman–Crippen MR) is 90.1 cm³/mol. The molecule has 0 saturated carbocycles. The van der Waals surface area contributed by atoms with Crippen molar-refractivity contribution in [2.24, 2.45) is 5.92 Å². The molecular formula is C17H13F3N2O5S. The summed E-state index contributed by atoms with van der Waals surface area (Å²) in [7, 11) is 0. The van der Waals surface area contributed by atoms with E-state index in [-0.39, 0.29) is 23.0 Å². The Bertz CT molecular complexity index is 933. The fourth-order valence-electron chi connectivity index (χ4n) is 3.30. The number of hydrogen-bond acceptors (Lipinski definition) is 6. The van der Waals surface area contributed by atoms with Crippen LogP contribution in [0.2, 0.25) is 0 Å². The molecule has 11 heteroatoms. The number of thiophene rings is 1. The highest BCUT2D eigenvalue weighted by molar-refractivity contribution is 7.12. The maximum atomic E-state index is 13.8. The number of rotatable bonds is 3. The standard InChI is InChI=1S/C17H13F3N2O5S/c18-17(19,20)16(25)12(14(23)11-2-1-5-28-11)13(21-15(24)22-16)8-3-4-9-10(6-8)27-7-26-9/h1-6,12-13,25H,7H2,(H2,21,22,24)/t12-,13+,16+/m1/s1. The van der Waals surface area contributed by atoms with Crippen LogP contribution in [0.3, 0.4) is 0 Å². The summed E-state index contributed by atoms with van der Waals surface area (Å²) in [6.07, 6.45) is -5.29. The van der Waals surface area contributed by atoms with Crippen LogP contribution in [0, 0.1) is 5.92 Å². The molecule has 28 heavy (non-hydrogen) atoms. The SMILES string of the molecule is O=C1N[C@@H](c2ccc3c(c2)OCO3)[C@H](C(=O)c2cccs2)[C@](O)(C(F)(F)F)N1. The number of aliphatic hydroxyl groups is 1. The number of ketones is 1. The molecule has 1 saturated heterocycles. The van der Waals surface area contributed by atoms with Crippen molar-refractivity contribution >= 4 is 23.2 Å². The molecule has 1 aromatic heterocycles. The number of alkyl halides is 3. The van der Waals surface area contributed by atoms with E-state index < -0.39 is 35.7 Å². The largest absolute Gasteiger partial charge is 0.454 e. The maximum Gasteiger partial charge on any atom is 0.437 e. The molecule has 2 aliphatic rings. The molecule has 0 bridgehead atoms. The van der Waals surface area contributed by atoms with E-state index in [1.165, 1.54) is 41.0 Å². The number of benzene rings is 1. The molecular weight excluding hydrogens is 401 g/mol. The summed E-state index contributed by atoms with van der Waals surface area (Å²) < 4.78 is 51.7. The Balaban J connectivity index is 1.84. The number of fused-ring (bicyclic) bond motifs is 1. The van der Waals surface area contributed by atoms with Crippen LogP contribution < -0.4 is 20.1 Å². The molecule has 3 N–H and O–H groups in total. The van der Waals surface area contributed by atoms with Crippen molar-refractivity contribution in [3.8, 4) is 11.5 Å². The Hall–Kier alpha value is -2.79. The van der Waals surface area contributed by atoms with Gasteiger partial charge in [0.1, 0.15) is 5.92 Å². The summed E-state index contributed by atoms with van der Waals surface area (Å²) in [5, 5.41) is 15.8. The van der Waals surface area contributed by atoms with Crippen LogP contribution in [0.25, 0.3) is 0 Å². The number of ether oxygens (including phenoxy) is 2. The first kappa shape index (κ1) is 18.6. The van der Waals surface area contributed by atoms with Crippen LogP contribution in [0.1, 0.15) is 21.3 Å². The molecule has 0 unspecified atom stereocenters. The van der Waals surface area contributed by atoms with Crippen LogP contribution in [-0.2, 0) is 0 Å². The summed E-state index contributed by atoms with van der Waals surface area (Å²) in [6.45, 7) is -0.0542. The fourth-order valence-corrected chi connectivity index (χ4v) is 4.00. The van der Waals surface area contributed by atoms with Gasteiger partial charge in [-0.25, -0.2) is 4.79 Å². The van der Waals surface area contributed by atoms with Crippen molar-refractivity contribution in [3.05, 3.63) is 46.2 Å². The van der Waals surface area contributed by atoms with E-state index in [1.807, 2.05) is 0 Å². The molecule has 2 aliphatic heterocycles. The third-order valence-electron chi connectivity index (χ3n) is 4.61. The molecule has 2 amide bonds. The summed E-state index contributed by atoms with van der Waals surface area (Å²) in [6, 6.07) is 4.42. The minimum atomic E-state index is -5.29. The normalized spacial score (nSPS) is 26.5. The number of carbonyl (C=O) groups is 2. The quantitative estimate of drug-likeness (QED) is 0.671. The van der Waals surface area contributed by atoms with Gasteiger partial charge in [-0.05, 0) is 29.1 Å².